The van der Waals surface area contributed by atoms with Gasteiger partial charge in [0.05, 0.1) is 18.0 Å². The first kappa shape index (κ1) is 19.0. The first-order valence-electron chi connectivity index (χ1n) is 8.06. The van der Waals surface area contributed by atoms with Crippen LogP contribution in [-0.4, -0.2) is 34.0 Å². The second-order valence-electron chi connectivity index (χ2n) is 5.20. The van der Waals surface area contributed by atoms with Crippen LogP contribution in [0.5, 0.6) is 5.75 Å². The SMILES string of the molecule is CCOc1ccc(S(=O)(=O)NCC(=O)N(CC)c2ccccc2)cc1. The molecule has 7 heteroatoms. The van der Waals surface area contributed by atoms with E-state index in [0.717, 1.165) is 5.69 Å². The molecule has 0 fully saturated rings. The molecule has 0 spiro atoms. The molecule has 1 amide bonds. The van der Waals surface area contributed by atoms with Crippen LogP contribution < -0.4 is 14.4 Å². The molecule has 0 bridgehead atoms. The maximum Gasteiger partial charge on any atom is 0.242 e. The highest BCUT2D eigenvalue weighted by Gasteiger charge is 2.19. The quantitative estimate of drug-likeness (QED) is 0.782. The predicted molar refractivity (Wildman–Crippen MR) is 97.3 cm³/mol. The van der Waals surface area contributed by atoms with Gasteiger partial charge < -0.3 is 9.64 Å². The Kier molecular flexibility index (Phi) is 6.55. The molecule has 0 heterocycles. The first-order valence-corrected chi connectivity index (χ1v) is 9.54. The van der Waals surface area contributed by atoms with E-state index in [4.69, 9.17) is 4.74 Å². The fraction of sp³-hybridized carbons (Fsp3) is 0.278. The fourth-order valence-electron chi connectivity index (χ4n) is 2.33. The number of carbonyl (C=O) groups is 1. The molecule has 0 aliphatic heterocycles. The van der Waals surface area contributed by atoms with E-state index in [1.165, 1.54) is 17.0 Å². The summed E-state index contributed by atoms with van der Waals surface area (Å²) in [5, 5.41) is 0. The summed E-state index contributed by atoms with van der Waals surface area (Å²) in [6.07, 6.45) is 0. The second-order valence-corrected chi connectivity index (χ2v) is 6.97. The van der Waals surface area contributed by atoms with Gasteiger partial charge in [-0.25, -0.2) is 13.1 Å². The molecule has 2 rings (SSSR count). The highest BCUT2D eigenvalue weighted by molar-refractivity contribution is 7.89. The Morgan fingerprint density at radius 3 is 2.24 bits per heavy atom. The van der Waals surface area contributed by atoms with Gasteiger partial charge in [-0.1, -0.05) is 18.2 Å². The smallest absolute Gasteiger partial charge is 0.242 e. The summed E-state index contributed by atoms with van der Waals surface area (Å²) in [5.74, 6) is 0.280. The standard InChI is InChI=1S/C18H22N2O4S/c1-3-20(15-8-6-5-7-9-15)18(21)14-19-25(22,23)17-12-10-16(11-13-17)24-4-2/h5-13,19H,3-4,14H2,1-2H3. The van der Waals surface area contributed by atoms with Gasteiger partial charge in [0, 0.05) is 12.2 Å². The average molecular weight is 362 g/mol. The van der Waals surface area contributed by atoms with Crippen molar-refractivity contribution in [1.82, 2.24) is 4.72 Å². The maximum absolute atomic E-state index is 12.4. The lowest BCUT2D eigenvalue weighted by Gasteiger charge is -2.21. The van der Waals surface area contributed by atoms with Crippen LogP contribution in [0.25, 0.3) is 0 Å². The molecule has 2 aromatic rings. The number of anilines is 1. The molecule has 6 nitrogen and oxygen atoms in total. The van der Waals surface area contributed by atoms with Crippen LogP contribution in [0.15, 0.2) is 59.5 Å². The molecule has 2 aromatic carbocycles. The Balaban J connectivity index is 2.04. The third-order valence-electron chi connectivity index (χ3n) is 3.54. The summed E-state index contributed by atoms with van der Waals surface area (Å²) in [6.45, 7) is 4.34. The molecule has 1 N–H and O–H groups in total. The molecule has 0 aromatic heterocycles. The van der Waals surface area contributed by atoms with E-state index in [-0.39, 0.29) is 17.3 Å². The second kappa shape index (κ2) is 8.64. The Hall–Kier alpha value is -2.38. The molecule has 0 aliphatic rings. The van der Waals surface area contributed by atoms with E-state index in [1.54, 1.807) is 12.1 Å². The van der Waals surface area contributed by atoms with Crippen LogP contribution in [0.4, 0.5) is 5.69 Å². The Labute approximate surface area is 148 Å². The summed E-state index contributed by atoms with van der Waals surface area (Å²) >= 11 is 0. The summed E-state index contributed by atoms with van der Waals surface area (Å²) in [4.78, 5) is 14.0. The van der Waals surface area contributed by atoms with E-state index in [2.05, 4.69) is 4.72 Å². The number of para-hydroxylation sites is 1. The minimum Gasteiger partial charge on any atom is -0.494 e. The van der Waals surface area contributed by atoms with E-state index in [1.807, 2.05) is 44.2 Å². The zero-order valence-electron chi connectivity index (χ0n) is 14.3. The van der Waals surface area contributed by atoms with Gasteiger partial charge in [0.2, 0.25) is 15.9 Å². The van der Waals surface area contributed by atoms with Crippen molar-refractivity contribution in [2.24, 2.45) is 0 Å². The zero-order valence-corrected chi connectivity index (χ0v) is 15.1. The molecule has 0 radical (unpaired) electrons. The third-order valence-corrected chi connectivity index (χ3v) is 4.96. The lowest BCUT2D eigenvalue weighted by atomic mass is 10.3. The topological polar surface area (TPSA) is 75.7 Å². The van der Waals surface area contributed by atoms with Crippen LogP contribution in [0.1, 0.15) is 13.8 Å². The summed E-state index contributed by atoms with van der Waals surface area (Å²) in [6, 6.07) is 15.2. The van der Waals surface area contributed by atoms with Crippen molar-refractivity contribution < 1.29 is 17.9 Å². The van der Waals surface area contributed by atoms with Crippen LogP contribution in [0, 0.1) is 0 Å². The monoisotopic (exact) mass is 362 g/mol. The highest BCUT2D eigenvalue weighted by Crippen LogP contribution is 2.16. The predicted octanol–water partition coefficient (Wildman–Crippen LogP) is 2.42. The van der Waals surface area contributed by atoms with Crippen LogP contribution in [-0.2, 0) is 14.8 Å². The van der Waals surface area contributed by atoms with Crippen molar-refractivity contribution in [2.45, 2.75) is 18.7 Å². The molecule has 134 valence electrons. The van der Waals surface area contributed by atoms with E-state index in [9.17, 15) is 13.2 Å². The minimum absolute atomic E-state index is 0.0894. The Morgan fingerprint density at radius 2 is 1.68 bits per heavy atom. The lowest BCUT2D eigenvalue weighted by Crippen LogP contribution is -2.40. The highest BCUT2D eigenvalue weighted by atomic mass is 32.2. The lowest BCUT2D eigenvalue weighted by molar-refractivity contribution is -0.117. The average Bonchev–Trinajstić information content (AvgIpc) is 2.62. The van der Waals surface area contributed by atoms with Crippen molar-refractivity contribution in [3.05, 3.63) is 54.6 Å². The molecule has 0 saturated carbocycles. The van der Waals surface area contributed by atoms with Crippen molar-refractivity contribution in [2.75, 3.05) is 24.6 Å². The number of benzene rings is 2. The van der Waals surface area contributed by atoms with Gasteiger partial charge in [-0.15, -0.1) is 0 Å². The normalized spacial score (nSPS) is 11.1. The van der Waals surface area contributed by atoms with E-state index < -0.39 is 10.0 Å². The zero-order chi connectivity index (χ0) is 18.3. The van der Waals surface area contributed by atoms with Crippen molar-refractivity contribution in [1.29, 1.82) is 0 Å². The van der Waals surface area contributed by atoms with Crippen LogP contribution in [0.3, 0.4) is 0 Å². The summed E-state index contributed by atoms with van der Waals surface area (Å²) < 4.78 is 32.3. The fourth-order valence-corrected chi connectivity index (χ4v) is 3.30. The summed E-state index contributed by atoms with van der Waals surface area (Å²) in [5.41, 5.74) is 0.732. The van der Waals surface area contributed by atoms with Gasteiger partial charge in [0.25, 0.3) is 0 Å². The van der Waals surface area contributed by atoms with Crippen molar-refractivity contribution in [3.63, 3.8) is 0 Å². The number of nitrogens with one attached hydrogen (secondary N) is 1. The number of nitrogens with zero attached hydrogens (tertiary/aromatic N) is 1. The van der Waals surface area contributed by atoms with Gasteiger partial charge >= 0.3 is 0 Å². The number of rotatable bonds is 8. The van der Waals surface area contributed by atoms with Gasteiger partial charge in [0.1, 0.15) is 5.75 Å². The van der Waals surface area contributed by atoms with Gasteiger partial charge in [-0.05, 0) is 50.2 Å². The molecular formula is C18H22N2O4S. The molecular weight excluding hydrogens is 340 g/mol. The third kappa shape index (κ3) is 5.04. The number of hydrogen-bond donors (Lipinski definition) is 1. The Morgan fingerprint density at radius 1 is 1.04 bits per heavy atom. The molecule has 0 aliphatic carbocycles. The van der Waals surface area contributed by atoms with E-state index >= 15 is 0 Å². The van der Waals surface area contributed by atoms with Crippen molar-refractivity contribution in [3.8, 4) is 5.75 Å². The minimum atomic E-state index is -3.76. The van der Waals surface area contributed by atoms with Gasteiger partial charge in [-0.2, -0.15) is 0 Å². The van der Waals surface area contributed by atoms with Gasteiger partial charge in [-0.3, -0.25) is 4.79 Å². The first-order chi connectivity index (χ1) is 12.0. The van der Waals surface area contributed by atoms with Gasteiger partial charge in [0.15, 0.2) is 0 Å². The number of ether oxygens (including phenoxy) is 1. The number of carbonyl (C=O) groups excluding carboxylic acids is 1. The molecule has 0 saturated heterocycles. The largest absolute Gasteiger partial charge is 0.494 e. The van der Waals surface area contributed by atoms with Crippen molar-refractivity contribution >= 4 is 21.6 Å². The number of amides is 1. The molecule has 0 unspecified atom stereocenters. The summed E-state index contributed by atoms with van der Waals surface area (Å²) in [7, 11) is -3.76. The Bertz CT molecular complexity index is 790. The number of sulfonamides is 1. The number of hydrogen-bond acceptors (Lipinski definition) is 4. The number of likely N-dealkylation sites (N-methyl/N-ethyl adjacent to an activating group) is 1. The van der Waals surface area contributed by atoms with E-state index in [0.29, 0.717) is 18.9 Å². The van der Waals surface area contributed by atoms with Crippen LogP contribution in [0.2, 0.25) is 0 Å². The van der Waals surface area contributed by atoms with Crippen LogP contribution >= 0.6 is 0 Å². The maximum atomic E-state index is 12.4. The molecule has 0 atom stereocenters. The molecule has 25 heavy (non-hydrogen) atoms.